The van der Waals surface area contributed by atoms with Gasteiger partial charge < -0.3 is 16.0 Å². The number of H-pyrrole nitrogens is 2. The molecule has 1 aliphatic rings. The van der Waals surface area contributed by atoms with Gasteiger partial charge in [-0.05, 0) is 98.0 Å². The van der Waals surface area contributed by atoms with Gasteiger partial charge in [0.2, 0.25) is 0 Å². The second-order valence-electron chi connectivity index (χ2n) is 10.6. The van der Waals surface area contributed by atoms with Gasteiger partial charge in [0.1, 0.15) is 11.4 Å². The Hall–Kier alpha value is -4.27. The molecule has 7 nitrogen and oxygen atoms in total. The average molecular weight is 578 g/mol. The molecule has 4 aromatic rings. The van der Waals surface area contributed by atoms with Crippen LogP contribution in [0.5, 0.6) is 0 Å². The Morgan fingerprint density at radius 1 is 1.26 bits per heavy atom. The molecule has 4 bridgehead atoms. The summed E-state index contributed by atoms with van der Waals surface area (Å²) in [6.07, 6.45) is 16.4. The summed E-state index contributed by atoms with van der Waals surface area (Å²) in [5, 5.41) is 23.2. The highest BCUT2D eigenvalue weighted by atomic mass is 32.1. The first kappa shape index (κ1) is 29.2. The zero-order valence-corrected chi connectivity index (χ0v) is 25.0. The maximum atomic E-state index is 8.93. The van der Waals surface area contributed by atoms with Gasteiger partial charge in [-0.3, -0.25) is 10.5 Å². The number of hydrogen-bond donors (Lipinski definition) is 5. The highest BCUT2D eigenvalue weighted by Crippen LogP contribution is 2.31. The number of nitrogens with one attached hydrogen (secondary N) is 4. The van der Waals surface area contributed by atoms with Gasteiger partial charge in [0, 0.05) is 16.8 Å². The second kappa shape index (κ2) is 13.6. The zero-order valence-electron chi connectivity index (χ0n) is 24.2. The average Bonchev–Trinajstić information content (AvgIpc) is 3.76. The summed E-state index contributed by atoms with van der Waals surface area (Å²) in [4.78, 5) is 9.29. The number of benzene rings is 1. The summed E-state index contributed by atoms with van der Waals surface area (Å²) in [7, 11) is 0. The van der Waals surface area contributed by atoms with Crippen LogP contribution < -0.4 is 11.1 Å². The van der Waals surface area contributed by atoms with Crippen molar-refractivity contribution in [2.45, 2.75) is 45.4 Å². The third-order valence-electron chi connectivity index (χ3n) is 7.65. The maximum Gasteiger partial charge on any atom is 0.159 e. The quantitative estimate of drug-likeness (QED) is 0.155. The summed E-state index contributed by atoms with van der Waals surface area (Å²) in [6, 6.07) is 10.2. The predicted octanol–water partition coefficient (Wildman–Crippen LogP) is 7.95. The number of aromatic nitrogens is 4. The normalized spacial score (nSPS) is 19.0. The lowest BCUT2D eigenvalue weighted by Crippen LogP contribution is -2.16. The van der Waals surface area contributed by atoms with Crippen molar-refractivity contribution in [1.29, 1.82) is 5.41 Å². The predicted molar refractivity (Wildman–Crippen MR) is 177 cm³/mol. The van der Waals surface area contributed by atoms with Crippen LogP contribution >= 0.6 is 11.3 Å². The van der Waals surface area contributed by atoms with Crippen LogP contribution in [0.2, 0.25) is 0 Å². The molecule has 0 spiro atoms. The van der Waals surface area contributed by atoms with Crippen molar-refractivity contribution in [3.63, 3.8) is 0 Å². The van der Waals surface area contributed by atoms with Gasteiger partial charge in [-0.25, -0.2) is 4.98 Å². The largest absolute Gasteiger partial charge is 0.359 e. The molecule has 0 saturated carbocycles. The van der Waals surface area contributed by atoms with Crippen LogP contribution in [-0.2, 0) is 0 Å². The molecule has 8 heteroatoms. The van der Waals surface area contributed by atoms with Crippen LogP contribution in [0.4, 0.5) is 0 Å². The number of fused-ring (bicyclic) bond motifs is 4. The maximum absolute atomic E-state index is 8.93. The number of allylic oxidation sites excluding steroid dienone is 6. The molecule has 0 amide bonds. The third-order valence-corrected chi connectivity index (χ3v) is 8.53. The smallest absolute Gasteiger partial charge is 0.159 e. The molecular weight excluding hydrogens is 538 g/mol. The molecule has 1 aliphatic heterocycles. The Labute approximate surface area is 251 Å². The van der Waals surface area contributed by atoms with Crippen molar-refractivity contribution >= 4 is 39.6 Å². The Balaban J connectivity index is 1.59. The second-order valence-corrected chi connectivity index (χ2v) is 11.6. The van der Waals surface area contributed by atoms with Crippen molar-refractivity contribution < 1.29 is 0 Å². The van der Waals surface area contributed by atoms with Gasteiger partial charge in [-0.2, -0.15) is 5.10 Å². The van der Waals surface area contributed by atoms with E-state index < -0.39 is 0 Å². The topological polar surface area (TPSA) is 119 Å². The third kappa shape index (κ3) is 6.61. The Bertz CT molecular complexity index is 1660. The molecule has 5 rings (SSSR count). The van der Waals surface area contributed by atoms with Crippen LogP contribution in [-0.4, -0.2) is 32.4 Å². The summed E-state index contributed by atoms with van der Waals surface area (Å²) >= 11 is 1.54. The number of aromatic amines is 2. The van der Waals surface area contributed by atoms with Gasteiger partial charge in [0.05, 0.1) is 21.8 Å². The number of rotatable bonds is 5. The van der Waals surface area contributed by atoms with Gasteiger partial charge in [-0.1, -0.05) is 50.3 Å². The number of nitrogens with two attached hydrogens (primary N) is 1. The lowest BCUT2D eigenvalue weighted by Gasteiger charge is -2.19. The van der Waals surface area contributed by atoms with E-state index in [9.17, 15) is 0 Å². The summed E-state index contributed by atoms with van der Waals surface area (Å²) < 4.78 is 0. The first-order chi connectivity index (χ1) is 20.5. The van der Waals surface area contributed by atoms with E-state index in [2.05, 4.69) is 70.1 Å². The van der Waals surface area contributed by atoms with Crippen molar-refractivity contribution in [3.8, 4) is 11.5 Å². The van der Waals surface area contributed by atoms with E-state index in [-0.39, 0.29) is 0 Å². The summed E-state index contributed by atoms with van der Waals surface area (Å²) in [5.74, 6) is 1.11. The van der Waals surface area contributed by atoms with E-state index in [1.165, 1.54) is 0 Å². The molecule has 4 heterocycles. The van der Waals surface area contributed by atoms with Crippen molar-refractivity contribution in [2.75, 3.05) is 6.54 Å². The fourth-order valence-corrected chi connectivity index (χ4v) is 6.13. The molecule has 0 fully saturated rings. The molecule has 42 heavy (non-hydrogen) atoms. The molecule has 0 radical (unpaired) electrons. The number of imidazole rings is 1. The van der Waals surface area contributed by atoms with Crippen molar-refractivity contribution in [1.82, 2.24) is 25.5 Å². The molecule has 216 valence electrons. The number of thiophene rings is 1. The first-order valence-corrected chi connectivity index (χ1v) is 15.4. The van der Waals surface area contributed by atoms with E-state index in [0.717, 1.165) is 88.2 Å². The van der Waals surface area contributed by atoms with E-state index in [0.29, 0.717) is 29.7 Å². The molecular formula is C34H39N7S. The van der Waals surface area contributed by atoms with E-state index in [4.69, 9.17) is 16.1 Å². The number of hydrogen-bond acceptors (Lipinski definition) is 6. The molecule has 0 saturated heterocycles. The van der Waals surface area contributed by atoms with Crippen molar-refractivity contribution in [2.24, 2.45) is 11.7 Å². The van der Waals surface area contributed by atoms with Gasteiger partial charge in [0.25, 0.3) is 0 Å². The first-order valence-electron chi connectivity index (χ1n) is 14.5. The highest BCUT2D eigenvalue weighted by Gasteiger charge is 2.20. The van der Waals surface area contributed by atoms with Crippen LogP contribution in [0, 0.1) is 11.3 Å². The van der Waals surface area contributed by atoms with Crippen LogP contribution in [0.1, 0.15) is 67.3 Å². The van der Waals surface area contributed by atoms with E-state index in [1.54, 1.807) is 11.3 Å². The SMILES string of the molecule is C=C/C1=C\C(=C/C)c2ccc3[nH]nc(c3c2)-c2nc(C(=N)c3cccs3)c([nH]2)C=CCCCCC(CCN)CC(=C)N1. The van der Waals surface area contributed by atoms with Crippen LogP contribution in [0.3, 0.4) is 0 Å². The molecule has 0 aliphatic carbocycles. The molecule has 1 unspecified atom stereocenters. The fraction of sp³-hybridized carbons (Fsp3) is 0.265. The molecule has 6 N–H and O–H groups in total. The fourth-order valence-electron chi connectivity index (χ4n) is 5.45. The van der Waals surface area contributed by atoms with Crippen LogP contribution in [0.15, 0.2) is 84.6 Å². The highest BCUT2D eigenvalue weighted by molar-refractivity contribution is 7.12. The summed E-state index contributed by atoms with van der Waals surface area (Å²) in [5.41, 5.74) is 13.4. The summed E-state index contributed by atoms with van der Waals surface area (Å²) in [6.45, 7) is 11.1. The minimum atomic E-state index is 0.404. The minimum absolute atomic E-state index is 0.404. The number of nitrogens with zero attached hydrogens (tertiary/aromatic N) is 2. The van der Waals surface area contributed by atoms with Crippen LogP contribution in [0.25, 0.3) is 34.1 Å². The van der Waals surface area contributed by atoms with Gasteiger partial charge in [-0.15, -0.1) is 11.3 Å². The van der Waals surface area contributed by atoms with Gasteiger partial charge in [0.15, 0.2) is 5.82 Å². The zero-order chi connectivity index (χ0) is 29.5. The molecule has 3 aromatic heterocycles. The lowest BCUT2D eigenvalue weighted by molar-refractivity contribution is 0.427. The van der Waals surface area contributed by atoms with Gasteiger partial charge >= 0.3 is 0 Å². The minimum Gasteiger partial charge on any atom is -0.359 e. The van der Waals surface area contributed by atoms with Crippen molar-refractivity contribution in [3.05, 3.63) is 106 Å². The standard InChI is InChI=1S/C34H39N7S/c1-4-24-20-26(5-2)37-22(3)19-23(16-17-35)11-8-6-7-9-12-29-33(31(36)30-13-10-18-42-30)39-34(38-29)32-27-21-25(24)14-15-28(27)40-41-32/h4-5,9-10,12-15,18,20-21,23,36-37H,2-3,6-8,11,16-17,19,35H2,1H3,(H,38,39)(H,40,41)/b12-9?,24-4+,26-20+,36-31?. The molecule has 1 aromatic carbocycles. The molecule has 1 atom stereocenters. The van der Waals surface area contributed by atoms with E-state index in [1.807, 2.05) is 36.6 Å². The monoisotopic (exact) mass is 577 g/mol. The van der Waals surface area contributed by atoms with E-state index >= 15 is 0 Å². The Morgan fingerprint density at radius 2 is 2.14 bits per heavy atom. The Morgan fingerprint density at radius 3 is 2.90 bits per heavy atom. The lowest BCUT2D eigenvalue weighted by atomic mass is 9.93. The Kier molecular flexibility index (Phi) is 9.46.